The zero-order chi connectivity index (χ0) is 20.1. The summed E-state index contributed by atoms with van der Waals surface area (Å²) in [6.45, 7) is 0. The molecule has 1 unspecified atom stereocenters. The lowest BCUT2D eigenvalue weighted by molar-refractivity contribution is -0.137. The second kappa shape index (κ2) is 8.39. The van der Waals surface area contributed by atoms with Gasteiger partial charge in [-0.25, -0.2) is 13.8 Å². The van der Waals surface area contributed by atoms with E-state index < -0.39 is 36.0 Å². The van der Waals surface area contributed by atoms with E-state index in [0.717, 1.165) is 0 Å². The van der Waals surface area contributed by atoms with E-state index >= 15 is 0 Å². The maximum Gasteiger partial charge on any atom is 0.305 e. The zero-order valence-electron chi connectivity index (χ0n) is 14.6. The molecule has 2 aromatic carbocycles. The van der Waals surface area contributed by atoms with Crippen molar-refractivity contribution < 1.29 is 23.5 Å². The Morgan fingerprint density at radius 2 is 1.61 bits per heavy atom. The summed E-state index contributed by atoms with van der Waals surface area (Å²) in [5.74, 6) is -2.99. The van der Waals surface area contributed by atoms with Gasteiger partial charge in [0, 0.05) is 11.1 Å². The van der Waals surface area contributed by atoms with Gasteiger partial charge in [-0.1, -0.05) is 36.4 Å². The smallest absolute Gasteiger partial charge is 0.305 e. The Hall–Kier alpha value is -3.61. The number of halogens is 2. The average Bonchev–Trinajstić information content (AvgIpc) is 2.68. The lowest BCUT2D eigenvalue weighted by Gasteiger charge is -2.18. The molecular formula is C21H16F2N2O3. The van der Waals surface area contributed by atoms with Gasteiger partial charge in [-0.3, -0.25) is 9.59 Å². The van der Waals surface area contributed by atoms with E-state index in [9.17, 15) is 18.4 Å². The number of nitrogens with zero attached hydrogens (tertiary/aromatic N) is 1. The first-order valence-corrected chi connectivity index (χ1v) is 8.44. The number of carbonyl (C=O) groups is 2. The molecule has 2 N–H and O–H groups in total. The van der Waals surface area contributed by atoms with Crippen LogP contribution in [0.1, 0.15) is 28.5 Å². The molecule has 0 radical (unpaired) electrons. The van der Waals surface area contributed by atoms with E-state index in [-0.39, 0.29) is 22.5 Å². The molecule has 1 atom stereocenters. The average molecular weight is 382 g/mol. The quantitative estimate of drug-likeness (QED) is 0.676. The van der Waals surface area contributed by atoms with Crippen molar-refractivity contribution in [3.8, 4) is 11.3 Å². The fraction of sp³-hybridized carbons (Fsp3) is 0.0952. The predicted octanol–water partition coefficient (Wildman–Crippen LogP) is 3.97. The van der Waals surface area contributed by atoms with Gasteiger partial charge in [0.15, 0.2) is 0 Å². The standard InChI is InChI=1S/C21H16F2N2O3/c22-15-8-3-1-6-13(15)17-10-5-11-18(24-17)21(28)25-19(12-20(26)27)14-7-2-4-9-16(14)23/h1-11,19H,12H2,(H,25,28)(H,26,27). The van der Waals surface area contributed by atoms with Crippen molar-refractivity contribution in [2.45, 2.75) is 12.5 Å². The fourth-order valence-corrected chi connectivity index (χ4v) is 2.78. The maximum absolute atomic E-state index is 14.1. The van der Waals surface area contributed by atoms with Crippen molar-refractivity contribution in [2.75, 3.05) is 0 Å². The van der Waals surface area contributed by atoms with Crippen LogP contribution >= 0.6 is 0 Å². The van der Waals surface area contributed by atoms with Crippen molar-refractivity contribution in [3.63, 3.8) is 0 Å². The molecule has 1 amide bonds. The molecule has 0 aliphatic carbocycles. The number of aliphatic carboxylic acids is 1. The summed E-state index contributed by atoms with van der Waals surface area (Å²) in [5, 5.41) is 11.6. The summed E-state index contributed by atoms with van der Waals surface area (Å²) >= 11 is 0. The second-order valence-corrected chi connectivity index (χ2v) is 6.03. The van der Waals surface area contributed by atoms with Crippen molar-refractivity contribution in [2.24, 2.45) is 0 Å². The molecule has 142 valence electrons. The van der Waals surface area contributed by atoms with E-state index in [4.69, 9.17) is 5.11 Å². The Labute approximate surface area is 159 Å². The van der Waals surface area contributed by atoms with E-state index in [1.54, 1.807) is 30.3 Å². The monoisotopic (exact) mass is 382 g/mol. The Balaban J connectivity index is 1.88. The molecule has 0 aliphatic heterocycles. The highest BCUT2D eigenvalue weighted by molar-refractivity contribution is 5.93. The van der Waals surface area contributed by atoms with Gasteiger partial charge in [-0.05, 0) is 30.3 Å². The summed E-state index contributed by atoms with van der Waals surface area (Å²) in [6.07, 6.45) is -0.500. The van der Waals surface area contributed by atoms with Crippen LogP contribution in [0.2, 0.25) is 0 Å². The van der Waals surface area contributed by atoms with Gasteiger partial charge < -0.3 is 10.4 Å². The topological polar surface area (TPSA) is 79.3 Å². The van der Waals surface area contributed by atoms with Crippen LogP contribution in [-0.4, -0.2) is 22.0 Å². The molecule has 0 fully saturated rings. The molecule has 3 aromatic rings. The number of carboxylic acid groups (broad SMARTS) is 1. The highest BCUT2D eigenvalue weighted by atomic mass is 19.1. The number of aromatic nitrogens is 1. The number of amides is 1. The molecule has 5 nitrogen and oxygen atoms in total. The second-order valence-electron chi connectivity index (χ2n) is 6.03. The summed E-state index contributed by atoms with van der Waals surface area (Å²) < 4.78 is 28.1. The van der Waals surface area contributed by atoms with Crippen molar-refractivity contribution in [1.29, 1.82) is 0 Å². The van der Waals surface area contributed by atoms with Gasteiger partial charge in [0.25, 0.3) is 5.91 Å². The predicted molar refractivity (Wildman–Crippen MR) is 98.5 cm³/mol. The molecule has 28 heavy (non-hydrogen) atoms. The van der Waals surface area contributed by atoms with Crippen LogP contribution in [-0.2, 0) is 4.79 Å². The molecule has 0 saturated heterocycles. The van der Waals surface area contributed by atoms with Crippen LogP contribution in [0.4, 0.5) is 8.78 Å². The van der Waals surface area contributed by atoms with Gasteiger partial charge in [0.2, 0.25) is 0 Å². The van der Waals surface area contributed by atoms with Gasteiger partial charge in [-0.15, -0.1) is 0 Å². The van der Waals surface area contributed by atoms with Crippen LogP contribution in [0.25, 0.3) is 11.3 Å². The van der Waals surface area contributed by atoms with Gasteiger partial charge in [0.1, 0.15) is 17.3 Å². The first-order chi connectivity index (χ1) is 13.5. The molecule has 0 spiro atoms. The number of pyridine rings is 1. The number of rotatable bonds is 6. The minimum absolute atomic E-state index is 0.0347. The van der Waals surface area contributed by atoms with Gasteiger partial charge in [-0.2, -0.15) is 0 Å². The van der Waals surface area contributed by atoms with Gasteiger partial charge in [0.05, 0.1) is 18.2 Å². The highest BCUT2D eigenvalue weighted by Crippen LogP contribution is 2.23. The Kier molecular flexibility index (Phi) is 5.74. The summed E-state index contributed by atoms with van der Waals surface area (Å²) in [4.78, 5) is 27.9. The van der Waals surface area contributed by atoms with Gasteiger partial charge >= 0.3 is 5.97 Å². The summed E-state index contributed by atoms with van der Waals surface area (Å²) in [7, 11) is 0. The molecule has 1 heterocycles. The van der Waals surface area contributed by atoms with Crippen LogP contribution < -0.4 is 5.32 Å². The summed E-state index contributed by atoms with van der Waals surface area (Å²) in [5.41, 5.74) is 0.510. The fourth-order valence-electron chi connectivity index (χ4n) is 2.78. The number of nitrogens with one attached hydrogen (secondary N) is 1. The van der Waals surface area contributed by atoms with E-state index in [1.165, 1.54) is 36.4 Å². The largest absolute Gasteiger partial charge is 0.481 e. The lowest BCUT2D eigenvalue weighted by Crippen LogP contribution is -2.31. The molecule has 7 heteroatoms. The number of hydrogen-bond donors (Lipinski definition) is 2. The van der Waals surface area contributed by atoms with E-state index in [0.29, 0.717) is 0 Å². The Morgan fingerprint density at radius 3 is 2.29 bits per heavy atom. The first-order valence-electron chi connectivity index (χ1n) is 8.44. The Morgan fingerprint density at radius 1 is 0.929 bits per heavy atom. The van der Waals surface area contributed by atoms with E-state index in [1.807, 2.05) is 0 Å². The number of carbonyl (C=O) groups excluding carboxylic acids is 1. The van der Waals surface area contributed by atoms with Crippen LogP contribution in [0.15, 0.2) is 66.7 Å². The highest BCUT2D eigenvalue weighted by Gasteiger charge is 2.22. The normalized spacial score (nSPS) is 11.6. The van der Waals surface area contributed by atoms with Crippen LogP contribution in [0.5, 0.6) is 0 Å². The molecule has 0 saturated carbocycles. The van der Waals surface area contributed by atoms with Crippen LogP contribution in [0, 0.1) is 11.6 Å². The molecular weight excluding hydrogens is 366 g/mol. The summed E-state index contributed by atoms with van der Waals surface area (Å²) in [6, 6.07) is 15.1. The van der Waals surface area contributed by atoms with E-state index in [2.05, 4.69) is 10.3 Å². The minimum Gasteiger partial charge on any atom is -0.481 e. The SMILES string of the molecule is O=C(O)CC(NC(=O)c1cccc(-c2ccccc2F)n1)c1ccccc1F. The number of benzene rings is 2. The first kappa shape index (κ1) is 19.2. The zero-order valence-corrected chi connectivity index (χ0v) is 14.6. The molecule has 1 aromatic heterocycles. The van der Waals surface area contributed by atoms with Crippen molar-refractivity contribution >= 4 is 11.9 Å². The lowest BCUT2D eigenvalue weighted by atomic mass is 10.0. The molecule has 0 aliphatic rings. The third-order valence-corrected chi connectivity index (χ3v) is 4.10. The van der Waals surface area contributed by atoms with Crippen LogP contribution in [0.3, 0.4) is 0 Å². The molecule has 0 bridgehead atoms. The number of hydrogen-bond acceptors (Lipinski definition) is 3. The van der Waals surface area contributed by atoms with Crippen molar-refractivity contribution in [3.05, 3.63) is 89.6 Å². The molecule has 3 rings (SSSR count). The third-order valence-electron chi connectivity index (χ3n) is 4.10. The van der Waals surface area contributed by atoms with Crippen molar-refractivity contribution in [1.82, 2.24) is 10.3 Å². The Bertz CT molecular complexity index is 1020. The number of carboxylic acids is 1. The third kappa shape index (κ3) is 4.37. The minimum atomic E-state index is -1.19. The maximum atomic E-state index is 14.1.